The molecule has 0 aromatic heterocycles. The normalized spacial score (nSPS) is 8.93. The van der Waals surface area contributed by atoms with E-state index in [9.17, 15) is 4.79 Å². The highest BCUT2D eigenvalue weighted by Gasteiger charge is 2.11. The van der Waals surface area contributed by atoms with Crippen LogP contribution < -0.4 is 5.73 Å². The van der Waals surface area contributed by atoms with Crippen LogP contribution in [0.15, 0.2) is 16.6 Å². The maximum absolute atomic E-state index is 10.8. The van der Waals surface area contributed by atoms with Crippen LogP contribution in [0.25, 0.3) is 0 Å². The number of primary amides is 1. The van der Waals surface area contributed by atoms with Crippen molar-refractivity contribution in [3.8, 4) is 0 Å². The lowest BCUT2D eigenvalue weighted by atomic mass is 10.2. The van der Waals surface area contributed by atoms with E-state index in [1.807, 2.05) is 13.8 Å². The number of halogens is 3. The molecule has 1 aromatic carbocycles. The first kappa shape index (κ1) is 13.8. The van der Waals surface area contributed by atoms with Crippen molar-refractivity contribution < 1.29 is 4.79 Å². The lowest BCUT2D eigenvalue weighted by molar-refractivity contribution is 0.100. The second-order valence-corrected chi connectivity index (χ2v) is 3.84. The van der Waals surface area contributed by atoms with E-state index < -0.39 is 5.91 Å². The summed E-state index contributed by atoms with van der Waals surface area (Å²) >= 11 is 14.6. The Morgan fingerprint density at radius 3 is 1.93 bits per heavy atom. The van der Waals surface area contributed by atoms with Crippen molar-refractivity contribution >= 4 is 45.0 Å². The Labute approximate surface area is 102 Å². The van der Waals surface area contributed by atoms with Crippen LogP contribution in [-0.4, -0.2) is 5.91 Å². The standard InChI is InChI=1S/C7H4BrCl2NO.C2H6/c8-3-1-4(9)6(7(11)12)5(10)2-3;1-2/h1-2H,(H2,11,12);1-2H3. The van der Waals surface area contributed by atoms with Gasteiger partial charge in [-0.15, -0.1) is 0 Å². The second kappa shape index (κ2) is 6.27. The van der Waals surface area contributed by atoms with Crippen LogP contribution >= 0.6 is 39.1 Å². The van der Waals surface area contributed by atoms with Crippen LogP contribution in [-0.2, 0) is 0 Å². The molecule has 0 bridgehead atoms. The Kier molecular flexibility index (Phi) is 6.16. The summed E-state index contributed by atoms with van der Waals surface area (Å²) in [6, 6.07) is 3.13. The highest BCUT2D eigenvalue weighted by atomic mass is 79.9. The van der Waals surface area contributed by atoms with Gasteiger partial charge in [0.1, 0.15) is 0 Å². The quantitative estimate of drug-likeness (QED) is 0.840. The van der Waals surface area contributed by atoms with Crippen molar-refractivity contribution in [2.45, 2.75) is 13.8 Å². The van der Waals surface area contributed by atoms with Crippen molar-refractivity contribution in [2.75, 3.05) is 0 Å². The number of rotatable bonds is 1. The summed E-state index contributed by atoms with van der Waals surface area (Å²) in [5.74, 6) is -0.627. The predicted octanol–water partition coefficient (Wildman–Crippen LogP) is 3.88. The van der Waals surface area contributed by atoms with Gasteiger partial charge in [-0.05, 0) is 12.1 Å². The highest BCUT2D eigenvalue weighted by molar-refractivity contribution is 9.10. The van der Waals surface area contributed by atoms with Gasteiger partial charge in [-0.3, -0.25) is 4.79 Å². The fraction of sp³-hybridized carbons (Fsp3) is 0.222. The Morgan fingerprint density at radius 1 is 1.29 bits per heavy atom. The molecule has 0 saturated carbocycles. The highest BCUT2D eigenvalue weighted by Crippen LogP contribution is 2.28. The average Bonchev–Trinajstić information content (AvgIpc) is 2.04. The summed E-state index contributed by atoms with van der Waals surface area (Å²) in [7, 11) is 0. The van der Waals surface area contributed by atoms with E-state index in [1.165, 1.54) is 0 Å². The molecule has 0 fully saturated rings. The first-order chi connectivity index (χ1) is 6.52. The molecule has 0 radical (unpaired) electrons. The first-order valence-corrected chi connectivity index (χ1v) is 5.51. The van der Waals surface area contributed by atoms with Gasteiger partial charge in [-0.1, -0.05) is 53.0 Å². The number of hydrogen-bond acceptors (Lipinski definition) is 1. The molecular weight excluding hydrogens is 289 g/mol. The van der Waals surface area contributed by atoms with Gasteiger partial charge < -0.3 is 5.73 Å². The van der Waals surface area contributed by atoms with Crippen LogP contribution in [0.5, 0.6) is 0 Å². The molecule has 0 aliphatic rings. The number of hydrogen-bond donors (Lipinski definition) is 1. The van der Waals surface area contributed by atoms with Gasteiger partial charge in [0.25, 0.3) is 5.91 Å². The minimum absolute atomic E-state index is 0.154. The molecule has 0 spiro atoms. The molecule has 2 N–H and O–H groups in total. The number of amides is 1. The number of carbonyl (C=O) groups excluding carboxylic acids is 1. The SMILES string of the molecule is CC.NC(=O)c1c(Cl)cc(Br)cc1Cl. The summed E-state index contributed by atoms with van der Waals surface area (Å²) in [5, 5.41) is 0.503. The maximum atomic E-state index is 10.8. The molecule has 1 aromatic rings. The zero-order valence-corrected chi connectivity index (χ0v) is 10.9. The molecule has 78 valence electrons. The van der Waals surface area contributed by atoms with Gasteiger partial charge in [0, 0.05) is 4.47 Å². The lowest BCUT2D eigenvalue weighted by Gasteiger charge is -2.02. The van der Waals surface area contributed by atoms with Gasteiger partial charge in [-0.25, -0.2) is 0 Å². The third-order valence-corrected chi connectivity index (χ3v) is 2.31. The summed E-state index contributed by atoms with van der Waals surface area (Å²) in [5.41, 5.74) is 5.20. The van der Waals surface area contributed by atoms with Gasteiger partial charge in [0.15, 0.2) is 0 Å². The molecule has 5 heteroatoms. The fourth-order valence-corrected chi connectivity index (χ4v) is 2.17. The molecule has 14 heavy (non-hydrogen) atoms. The second-order valence-electron chi connectivity index (χ2n) is 2.11. The van der Waals surface area contributed by atoms with Gasteiger partial charge in [-0.2, -0.15) is 0 Å². The summed E-state index contributed by atoms with van der Waals surface area (Å²) < 4.78 is 0.711. The fourth-order valence-electron chi connectivity index (χ4n) is 0.778. The van der Waals surface area contributed by atoms with Crippen LogP contribution in [0.4, 0.5) is 0 Å². The van der Waals surface area contributed by atoms with E-state index in [0.29, 0.717) is 4.47 Å². The number of benzene rings is 1. The van der Waals surface area contributed by atoms with Crippen molar-refractivity contribution in [1.82, 2.24) is 0 Å². The van der Waals surface area contributed by atoms with Gasteiger partial charge >= 0.3 is 0 Å². The minimum atomic E-state index is -0.627. The molecule has 0 atom stereocenters. The lowest BCUT2D eigenvalue weighted by Crippen LogP contribution is -2.12. The molecule has 1 amide bonds. The first-order valence-electron chi connectivity index (χ1n) is 3.96. The van der Waals surface area contributed by atoms with Crippen LogP contribution in [0.2, 0.25) is 10.0 Å². The van der Waals surface area contributed by atoms with Crippen molar-refractivity contribution in [1.29, 1.82) is 0 Å². The van der Waals surface area contributed by atoms with E-state index in [2.05, 4.69) is 15.9 Å². The molecule has 0 saturated heterocycles. The minimum Gasteiger partial charge on any atom is -0.366 e. The average molecular weight is 299 g/mol. The monoisotopic (exact) mass is 297 g/mol. The van der Waals surface area contributed by atoms with E-state index in [-0.39, 0.29) is 15.6 Å². The van der Waals surface area contributed by atoms with E-state index >= 15 is 0 Å². The Morgan fingerprint density at radius 2 is 1.64 bits per heavy atom. The van der Waals surface area contributed by atoms with Gasteiger partial charge in [0.05, 0.1) is 15.6 Å². The molecule has 0 unspecified atom stereocenters. The van der Waals surface area contributed by atoms with E-state index in [0.717, 1.165) is 0 Å². The molecule has 2 nitrogen and oxygen atoms in total. The summed E-state index contributed by atoms with van der Waals surface area (Å²) in [4.78, 5) is 10.8. The summed E-state index contributed by atoms with van der Waals surface area (Å²) in [6.07, 6.45) is 0. The Hall–Kier alpha value is -0.250. The van der Waals surface area contributed by atoms with E-state index in [1.54, 1.807) is 12.1 Å². The zero-order chi connectivity index (χ0) is 11.3. The van der Waals surface area contributed by atoms with Crippen molar-refractivity contribution in [3.05, 3.63) is 32.2 Å². The third-order valence-electron chi connectivity index (χ3n) is 1.25. The molecular formula is C9H10BrCl2NO. The molecule has 0 heterocycles. The maximum Gasteiger partial charge on any atom is 0.251 e. The van der Waals surface area contributed by atoms with E-state index in [4.69, 9.17) is 28.9 Å². The number of carbonyl (C=O) groups is 1. The van der Waals surface area contributed by atoms with Crippen molar-refractivity contribution in [3.63, 3.8) is 0 Å². The smallest absolute Gasteiger partial charge is 0.251 e. The predicted molar refractivity (Wildman–Crippen MR) is 64.0 cm³/mol. The zero-order valence-electron chi connectivity index (χ0n) is 7.77. The van der Waals surface area contributed by atoms with Crippen LogP contribution in [0.3, 0.4) is 0 Å². The van der Waals surface area contributed by atoms with Crippen LogP contribution in [0, 0.1) is 0 Å². The Balaban J connectivity index is 0.000000791. The van der Waals surface area contributed by atoms with Crippen molar-refractivity contribution in [2.24, 2.45) is 5.73 Å². The molecule has 0 aliphatic carbocycles. The molecule has 1 rings (SSSR count). The Bertz CT molecular complexity index is 319. The summed E-state index contributed by atoms with van der Waals surface area (Å²) in [6.45, 7) is 4.00. The largest absolute Gasteiger partial charge is 0.366 e. The topological polar surface area (TPSA) is 43.1 Å². The molecule has 0 aliphatic heterocycles. The number of nitrogens with two attached hydrogens (primary N) is 1. The van der Waals surface area contributed by atoms with Crippen LogP contribution in [0.1, 0.15) is 24.2 Å². The third kappa shape index (κ3) is 3.48. The van der Waals surface area contributed by atoms with Gasteiger partial charge in [0.2, 0.25) is 0 Å².